The Morgan fingerprint density at radius 2 is 1.63 bits per heavy atom. The quantitative estimate of drug-likeness (QED) is 0.655. The Morgan fingerprint density at radius 3 is 2.30 bits per heavy atom. The largest absolute Gasteiger partial charge is 0.341 e. The number of nitrogens with one attached hydrogen (secondary N) is 1. The van der Waals surface area contributed by atoms with Crippen LogP contribution in [-0.2, 0) is 6.54 Å². The van der Waals surface area contributed by atoms with Crippen LogP contribution in [0.2, 0.25) is 0 Å². The normalized spacial score (nSPS) is 16.3. The van der Waals surface area contributed by atoms with E-state index in [0.717, 1.165) is 41.4 Å². The molecule has 0 aliphatic carbocycles. The zero-order chi connectivity index (χ0) is 17.4. The molecular weight excluding hydrogens is 391 g/mol. The minimum Gasteiger partial charge on any atom is -0.341 e. The summed E-state index contributed by atoms with van der Waals surface area (Å²) < 4.78 is 30.0. The third-order valence-electron chi connectivity index (χ3n) is 5.24. The van der Waals surface area contributed by atoms with Gasteiger partial charge < -0.3 is 9.88 Å². The molecule has 0 radical (unpaired) electrons. The summed E-state index contributed by atoms with van der Waals surface area (Å²) >= 11 is 0. The SMILES string of the molecule is CCn1c2ccccc2c2cc([C@H](C(F)F)N3CCNCC3)ccc21.Cl.Cl. The fourth-order valence-electron chi connectivity index (χ4n) is 4.07. The first-order valence-electron chi connectivity index (χ1n) is 8.94. The highest BCUT2D eigenvalue weighted by molar-refractivity contribution is 6.08. The molecule has 3 nitrogen and oxygen atoms in total. The van der Waals surface area contributed by atoms with E-state index in [-0.39, 0.29) is 24.8 Å². The monoisotopic (exact) mass is 415 g/mol. The topological polar surface area (TPSA) is 20.2 Å². The first-order chi connectivity index (χ1) is 12.2. The van der Waals surface area contributed by atoms with Crippen LogP contribution >= 0.6 is 24.8 Å². The Bertz CT molecular complexity index is 891. The van der Waals surface area contributed by atoms with Crippen molar-refractivity contribution in [3.05, 3.63) is 48.0 Å². The van der Waals surface area contributed by atoms with Crippen LogP contribution in [0, 0.1) is 0 Å². The molecule has 4 rings (SSSR count). The van der Waals surface area contributed by atoms with Gasteiger partial charge in [0.1, 0.15) is 0 Å². The fraction of sp³-hybridized carbons (Fsp3) is 0.400. The van der Waals surface area contributed by atoms with E-state index in [9.17, 15) is 8.78 Å². The molecule has 1 aliphatic rings. The molecule has 1 aliphatic heterocycles. The van der Waals surface area contributed by atoms with Gasteiger partial charge in [-0.15, -0.1) is 24.8 Å². The van der Waals surface area contributed by atoms with Gasteiger partial charge in [-0.25, -0.2) is 8.78 Å². The molecule has 2 aromatic carbocycles. The van der Waals surface area contributed by atoms with E-state index in [1.165, 1.54) is 0 Å². The van der Waals surface area contributed by atoms with Gasteiger partial charge in [-0.2, -0.15) is 0 Å². The first-order valence-corrected chi connectivity index (χ1v) is 8.94. The van der Waals surface area contributed by atoms with Crippen molar-refractivity contribution in [3.8, 4) is 0 Å². The summed E-state index contributed by atoms with van der Waals surface area (Å²) in [5.74, 6) is 0. The van der Waals surface area contributed by atoms with E-state index >= 15 is 0 Å². The van der Waals surface area contributed by atoms with Crippen molar-refractivity contribution in [1.82, 2.24) is 14.8 Å². The second kappa shape index (κ2) is 9.20. The Balaban J connectivity index is 0.00000131. The van der Waals surface area contributed by atoms with E-state index < -0.39 is 12.5 Å². The first kappa shape index (κ1) is 21.9. The fourth-order valence-corrected chi connectivity index (χ4v) is 4.07. The number of aryl methyl sites for hydroxylation is 1. The molecule has 1 saturated heterocycles. The summed E-state index contributed by atoms with van der Waals surface area (Å²) in [6, 6.07) is 13.2. The van der Waals surface area contributed by atoms with Crippen molar-refractivity contribution in [1.29, 1.82) is 0 Å². The van der Waals surface area contributed by atoms with Gasteiger partial charge >= 0.3 is 0 Å². The van der Waals surface area contributed by atoms with Crippen LogP contribution in [-0.4, -0.2) is 42.1 Å². The second-order valence-corrected chi connectivity index (χ2v) is 6.60. The molecule has 0 bridgehead atoms. The minimum absolute atomic E-state index is 0. The summed E-state index contributed by atoms with van der Waals surface area (Å²) in [6.07, 6.45) is -2.39. The van der Waals surface area contributed by atoms with Crippen LogP contribution in [0.25, 0.3) is 21.8 Å². The zero-order valence-corrected chi connectivity index (χ0v) is 16.8. The predicted molar refractivity (Wildman–Crippen MR) is 113 cm³/mol. The summed E-state index contributed by atoms with van der Waals surface area (Å²) in [5.41, 5.74) is 2.98. The number of hydrogen-bond acceptors (Lipinski definition) is 2. The lowest BCUT2D eigenvalue weighted by Crippen LogP contribution is -2.46. The summed E-state index contributed by atoms with van der Waals surface area (Å²) in [6.45, 7) is 5.82. The molecule has 7 heteroatoms. The molecule has 1 fully saturated rings. The van der Waals surface area contributed by atoms with E-state index in [2.05, 4.69) is 28.9 Å². The third-order valence-corrected chi connectivity index (χ3v) is 5.24. The lowest BCUT2D eigenvalue weighted by molar-refractivity contribution is 0.0182. The van der Waals surface area contributed by atoms with Gasteiger partial charge in [-0.05, 0) is 30.7 Å². The van der Waals surface area contributed by atoms with Gasteiger partial charge in [-0.1, -0.05) is 24.3 Å². The Hall–Kier alpha value is -1.40. The second-order valence-electron chi connectivity index (χ2n) is 6.60. The molecular formula is C20H25Cl2F2N3. The maximum Gasteiger partial charge on any atom is 0.258 e. The van der Waals surface area contributed by atoms with Crippen LogP contribution in [0.15, 0.2) is 42.5 Å². The van der Waals surface area contributed by atoms with Crippen LogP contribution < -0.4 is 5.32 Å². The van der Waals surface area contributed by atoms with Crippen molar-refractivity contribution >= 4 is 46.6 Å². The van der Waals surface area contributed by atoms with Gasteiger partial charge in [0.2, 0.25) is 0 Å². The molecule has 2 heterocycles. The van der Waals surface area contributed by atoms with Gasteiger partial charge in [-0.3, -0.25) is 4.90 Å². The van der Waals surface area contributed by atoms with Gasteiger partial charge in [0.15, 0.2) is 0 Å². The molecule has 27 heavy (non-hydrogen) atoms. The number of alkyl halides is 2. The number of benzene rings is 2. The van der Waals surface area contributed by atoms with Crippen molar-refractivity contribution in [3.63, 3.8) is 0 Å². The highest BCUT2D eigenvalue weighted by atomic mass is 35.5. The molecule has 0 unspecified atom stereocenters. The average molecular weight is 416 g/mol. The smallest absolute Gasteiger partial charge is 0.258 e. The number of nitrogens with zero attached hydrogens (tertiary/aromatic N) is 2. The lowest BCUT2D eigenvalue weighted by atomic mass is 10.0. The van der Waals surface area contributed by atoms with Crippen molar-refractivity contribution in [2.45, 2.75) is 25.9 Å². The number of hydrogen-bond donors (Lipinski definition) is 1. The molecule has 0 saturated carbocycles. The number of rotatable bonds is 4. The van der Waals surface area contributed by atoms with Gasteiger partial charge in [0, 0.05) is 54.5 Å². The van der Waals surface area contributed by atoms with Crippen LogP contribution in [0.4, 0.5) is 8.78 Å². The van der Waals surface area contributed by atoms with E-state index in [4.69, 9.17) is 0 Å². The van der Waals surface area contributed by atoms with Gasteiger partial charge in [0.25, 0.3) is 6.43 Å². The van der Waals surface area contributed by atoms with E-state index in [1.807, 2.05) is 35.2 Å². The zero-order valence-electron chi connectivity index (χ0n) is 15.2. The minimum atomic E-state index is -2.39. The number of aromatic nitrogens is 1. The van der Waals surface area contributed by atoms with Crippen LogP contribution in [0.3, 0.4) is 0 Å². The Kier molecular flexibility index (Phi) is 7.46. The highest BCUT2D eigenvalue weighted by Crippen LogP contribution is 2.34. The van der Waals surface area contributed by atoms with Crippen LogP contribution in [0.1, 0.15) is 18.5 Å². The highest BCUT2D eigenvalue weighted by Gasteiger charge is 2.30. The summed E-state index contributed by atoms with van der Waals surface area (Å²) in [4.78, 5) is 1.90. The number of halogens is 4. The third kappa shape index (κ3) is 3.92. The van der Waals surface area contributed by atoms with Gasteiger partial charge in [0.05, 0.1) is 6.04 Å². The van der Waals surface area contributed by atoms with Crippen molar-refractivity contribution < 1.29 is 8.78 Å². The molecule has 0 spiro atoms. The van der Waals surface area contributed by atoms with Crippen molar-refractivity contribution in [2.24, 2.45) is 0 Å². The Morgan fingerprint density at radius 1 is 0.963 bits per heavy atom. The number of para-hydroxylation sites is 1. The lowest BCUT2D eigenvalue weighted by Gasteiger charge is -2.34. The molecule has 1 N–H and O–H groups in total. The molecule has 0 amide bonds. The average Bonchev–Trinajstić information content (AvgIpc) is 2.96. The molecule has 1 atom stereocenters. The maximum atomic E-state index is 13.9. The number of piperazine rings is 1. The van der Waals surface area contributed by atoms with Crippen LogP contribution in [0.5, 0.6) is 0 Å². The van der Waals surface area contributed by atoms with Crippen molar-refractivity contribution in [2.75, 3.05) is 26.2 Å². The standard InChI is InChI=1S/C20H23F2N3.2ClH/c1-2-25-17-6-4-3-5-15(17)16-13-14(7-8-18(16)25)19(20(21)22)24-11-9-23-10-12-24;;/h3-8,13,19-20,23H,2,9-12H2,1H3;2*1H/t19-;;/m1../s1. The summed E-state index contributed by atoms with van der Waals surface area (Å²) in [5, 5.41) is 5.43. The summed E-state index contributed by atoms with van der Waals surface area (Å²) in [7, 11) is 0. The molecule has 148 valence electrons. The maximum absolute atomic E-state index is 13.9. The number of fused-ring (bicyclic) bond motifs is 3. The predicted octanol–water partition coefficient (Wildman–Crippen LogP) is 4.87. The Labute approximate surface area is 170 Å². The van der Waals surface area contributed by atoms with E-state index in [1.54, 1.807) is 0 Å². The molecule has 1 aromatic heterocycles. The van der Waals surface area contributed by atoms with E-state index in [0.29, 0.717) is 18.7 Å². The molecule has 3 aromatic rings.